The van der Waals surface area contributed by atoms with Gasteiger partial charge in [-0.3, -0.25) is 4.79 Å². The predicted molar refractivity (Wildman–Crippen MR) is 96.9 cm³/mol. The molecule has 0 saturated carbocycles. The van der Waals surface area contributed by atoms with Crippen LogP contribution in [0.4, 0.5) is 11.4 Å². The molecule has 0 atom stereocenters. The van der Waals surface area contributed by atoms with Crippen molar-refractivity contribution in [2.75, 3.05) is 30.9 Å². The van der Waals surface area contributed by atoms with Crippen LogP contribution >= 0.6 is 0 Å². The van der Waals surface area contributed by atoms with E-state index in [1.807, 2.05) is 43.3 Å². The van der Waals surface area contributed by atoms with Crippen molar-refractivity contribution in [1.29, 1.82) is 0 Å². The highest BCUT2D eigenvalue weighted by atomic mass is 16.1. The van der Waals surface area contributed by atoms with Crippen LogP contribution in [0.15, 0.2) is 48.5 Å². The van der Waals surface area contributed by atoms with Crippen molar-refractivity contribution in [3.8, 4) is 0 Å². The third-order valence-electron chi connectivity index (χ3n) is 3.65. The Hall–Kier alpha value is -2.33. The molecule has 0 fully saturated rings. The van der Waals surface area contributed by atoms with Gasteiger partial charge in [-0.2, -0.15) is 0 Å². The molecule has 23 heavy (non-hydrogen) atoms. The van der Waals surface area contributed by atoms with Crippen molar-refractivity contribution in [2.24, 2.45) is 0 Å². The first kappa shape index (κ1) is 17.0. The van der Waals surface area contributed by atoms with Crippen LogP contribution in [-0.4, -0.2) is 26.5 Å². The van der Waals surface area contributed by atoms with Crippen molar-refractivity contribution < 1.29 is 4.79 Å². The maximum atomic E-state index is 11.9. The standard InChI is InChI=1S/C19H25N3O/c1-15-4-6-16(7-5-15)14-20-13-12-19(23)21-17-8-10-18(11-9-17)22(2)3/h4-11,20H,12-14H2,1-3H3,(H,21,23). The number of nitrogens with one attached hydrogen (secondary N) is 2. The zero-order valence-electron chi connectivity index (χ0n) is 14.1. The number of anilines is 2. The van der Waals surface area contributed by atoms with E-state index in [1.165, 1.54) is 11.1 Å². The summed E-state index contributed by atoms with van der Waals surface area (Å²) in [7, 11) is 3.99. The van der Waals surface area contributed by atoms with Crippen molar-refractivity contribution in [1.82, 2.24) is 5.32 Å². The van der Waals surface area contributed by atoms with Gasteiger partial charge in [0.25, 0.3) is 0 Å². The molecule has 0 aliphatic heterocycles. The van der Waals surface area contributed by atoms with E-state index in [4.69, 9.17) is 0 Å². The van der Waals surface area contributed by atoms with Gasteiger partial charge in [0, 0.05) is 45.0 Å². The molecule has 0 aromatic heterocycles. The highest BCUT2D eigenvalue weighted by Gasteiger charge is 2.03. The van der Waals surface area contributed by atoms with Crippen LogP contribution in [0.2, 0.25) is 0 Å². The van der Waals surface area contributed by atoms with E-state index in [-0.39, 0.29) is 5.91 Å². The van der Waals surface area contributed by atoms with Gasteiger partial charge in [0.15, 0.2) is 0 Å². The Morgan fingerprint density at radius 3 is 2.26 bits per heavy atom. The first-order chi connectivity index (χ1) is 11.0. The Morgan fingerprint density at radius 2 is 1.65 bits per heavy atom. The number of aryl methyl sites for hydroxylation is 1. The molecular weight excluding hydrogens is 286 g/mol. The van der Waals surface area contributed by atoms with Gasteiger partial charge in [-0.1, -0.05) is 29.8 Å². The minimum absolute atomic E-state index is 0.0269. The Balaban J connectivity index is 1.69. The smallest absolute Gasteiger partial charge is 0.225 e. The molecule has 1 amide bonds. The average Bonchev–Trinajstić information content (AvgIpc) is 2.54. The molecule has 0 spiro atoms. The molecule has 4 heteroatoms. The van der Waals surface area contributed by atoms with Crippen LogP contribution in [0.25, 0.3) is 0 Å². The molecule has 0 heterocycles. The molecule has 2 N–H and O–H groups in total. The number of carbonyl (C=O) groups is 1. The van der Waals surface area contributed by atoms with E-state index in [0.29, 0.717) is 13.0 Å². The number of carbonyl (C=O) groups excluding carboxylic acids is 1. The third-order valence-corrected chi connectivity index (χ3v) is 3.65. The van der Waals surface area contributed by atoms with Gasteiger partial charge in [-0.15, -0.1) is 0 Å². The van der Waals surface area contributed by atoms with E-state index >= 15 is 0 Å². The lowest BCUT2D eigenvalue weighted by molar-refractivity contribution is -0.116. The van der Waals surface area contributed by atoms with E-state index in [9.17, 15) is 4.79 Å². The second-order valence-corrected chi connectivity index (χ2v) is 5.90. The van der Waals surface area contributed by atoms with E-state index in [2.05, 4.69) is 41.8 Å². The third kappa shape index (κ3) is 5.75. The molecule has 2 rings (SSSR count). The van der Waals surface area contributed by atoms with E-state index < -0.39 is 0 Å². The molecule has 0 bridgehead atoms. The number of benzene rings is 2. The van der Waals surface area contributed by atoms with Crippen molar-refractivity contribution in [3.05, 3.63) is 59.7 Å². The fourth-order valence-corrected chi connectivity index (χ4v) is 2.21. The second-order valence-electron chi connectivity index (χ2n) is 5.90. The molecule has 2 aromatic rings. The predicted octanol–water partition coefficient (Wildman–Crippen LogP) is 3.18. The highest BCUT2D eigenvalue weighted by Crippen LogP contribution is 2.15. The molecule has 4 nitrogen and oxygen atoms in total. The van der Waals surface area contributed by atoms with E-state index in [0.717, 1.165) is 17.9 Å². The summed E-state index contributed by atoms with van der Waals surface area (Å²) < 4.78 is 0. The van der Waals surface area contributed by atoms with Crippen molar-refractivity contribution in [2.45, 2.75) is 19.9 Å². The molecular formula is C19H25N3O. The molecule has 122 valence electrons. The monoisotopic (exact) mass is 311 g/mol. The van der Waals surface area contributed by atoms with Gasteiger partial charge in [-0.05, 0) is 36.8 Å². The van der Waals surface area contributed by atoms with Crippen molar-refractivity contribution >= 4 is 17.3 Å². The summed E-state index contributed by atoms with van der Waals surface area (Å²) in [6, 6.07) is 16.2. The van der Waals surface area contributed by atoms with Gasteiger partial charge in [0.05, 0.1) is 0 Å². The number of rotatable bonds is 7. The molecule has 0 aliphatic rings. The topological polar surface area (TPSA) is 44.4 Å². The zero-order chi connectivity index (χ0) is 16.7. The SMILES string of the molecule is Cc1ccc(CNCCC(=O)Nc2ccc(N(C)C)cc2)cc1. The lowest BCUT2D eigenvalue weighted by Crippen LogP contribution is -2.21. The van der Waals surface area contributed by atoms with Gasteiger partial charge in [-0.25, -0.2) is 0 Å². The van der Waals surface area contributed by atoms with Gasteiger partial charge < -0.3 is 15.5 Å². The molecule has 2 aromatic carbocycles. The largest absolute Gasteiger partial charge is 0.378 e. The fraction of sp³-hybridized carbons (Fsp3) is 0.316. The number of amides is 1. The molecule has 0 unspecified atom stereocenters. The van der Waals surface area contributed by atoms with Crippen LogP contribution < -0.4 is 15.5 Å². The quantitative estimate of drug-likeness (QED) is 0.772. The first-order valence-electron chi connectivity index (χ1n) is 7.88. The van der Waals surface area contributed by atoms with Crippen LogP contribution in [-0.2, 0) is 11.3 Å². The Labute approximate surface area is 138 Å². The minimum Gasteiger partial charge on any atom is -0.378 e. The summed E-state index contributed by atoms with van der Waals surface area (Å²) in [5.41, 5.74) is 4.44. The maximum Gasteiger partial charge on any atom is 0.225 e. The normalized spacial score (nSPS) is 10.4. The summed E-state index contributed by atoms with van der Waals surface area (Å²) in [6.07, 6.45) is 0.460. The summed E-state index contributed by atoms with van der Waals surface area (Å²) in [5, 5.41) is 6.21. The summed E-state index contributed by atoms with van der Waals surface area (Å²) >= 11 is 0. The van der Waals surface area contributed by atoms with Crippen molar-refractivity contribution in [3.63, 3.8) is 0 Å². The average molecular weight is 311 g/mol. The zero-order valence-corrected chi connectivity index (χ0v) is 14.1. The minimum atomic E-state index is 0.0269. The lowest BCUT2D eigenvalue weighted by atomic mass is 10.1. The summed E-state index contributed by atoms with van der Waals surface area (Å²) in [5.74, 6) is 0.0269. The first-order valence-corrected chi connectivity index (χ1v) is 7.88. The van der Waals surface area contributed by atoms with Gasteiger partial charge in [0.1, 0.15) is 0 Å². The van der Waals surface area contributed by atoms with Crippen LogP contribution in [0, 0.1) is 6.92 Å². The van der Waals surface area contributed by atoms with Crippen LogP contribution in [0.1, 0.15) is 17.5 Å². The number of hydrogen-bond donors (Lipinski definition) is 2. The number of hydrogen-bond acceptors (Lipinski definition) is 3. The molecule has 0 radical (unpaired) electrons. The maximum absolute atomic E-state index is 11.9. The van der Waals surface area contributed by atoms with E-state index in [1.54, 1.807) is 0 Å². The molecule has 0 saturated heterocycles. The van der Waals surface area contributed by atoms with Gasteiger partial charge >= 0.3 is 0 Å². The Morgan fingerprint density at radius 1 is 1.00 bits per heavy atom. The summed E-state index contributed by atoms with van der Waals surface area (Å²) in [6.45, 7) is 3.52. The Kier molecular flexibility index (Phi) is 6.18. The number of nitrogens with zero attached hydrogens (tertiary/aromatic N) is 1. The van der Waals surface area contributed by atoms with Crippen LogP contribution in [0.5, 0.6) is 0 Å². The summed E-state index contributed by atoms with van der Waals surface area (Å²) in [4.78, 5) is 14.0. The fourth-order valence-electron chi connectivity index (χ4n) is 2.21. The van der Waals surface area contributed by atoms with Gasteiger partial charge in [0.2, 0.25) is 5.91 Å². The lowest BCUT2D eigenvalue weighted by Gasteiger charge is -2.13. The van der Waals surface area contributed by atoms with Crippen LogP contribution in [0.3, 0.4) is 0 Å². The highest BCUT2D eigenvalue weighted by molar-refractivity contribution is 5.91. The molecule has 0 aliphatic carbocycles. The second kappa shape index (κ2) is 8.34. The Bertz CT molecular complexity index is 618.